The molecule has 2 aromatic carbocycles. The highest BCUT2D eigenvalue weighted by Gasteiger charge is 2.10. The standard InChI is InChI=1S/C24H20FN5O3/c25-19-8-4-5-17(13-19)15-30-22(31)10-9-20(28-30)24(33)26-11-12-29-16-27-21(14-23(29)32)18-6-2-1-3-7-18/h1-10,13-14,16H,11-12,15H2,(H,26,33). The Labute approximate surface area is 188 Å². The van der Waals surface area contributed by atoms with E-state index in [2.05, 4.69) is 15.4 Å². The third-order valence-electron chi connectivity index (χ3n) is 4.91. The third kappa shape index (κ3) is 5.45. The lowest BCUT2D eigenvalue weighted by Gasteiger charge is -2.09. The average molecular weight is 445 g/mol. The Morgan fingerprint density at radius 1 is 0.939 bits per heavy atom. The monoisotopic (exact) mass is 445 g/mol. The first-order chi connectivity index (χ1) is 16.0. The van der Waals surface area contributed by atoms with Gasteiger partial charge in [0.05, 0.1) is 18.6 Å². The Morgan fingerprint density at radius 3 is 2.52 bits per heavy atom. The number of carbonyl (C=O) groups is 1. The van der Waals surface area contributed by atoms with Crippen LogP contribution in [0.3, 0.4) is 0 Å². The fourth-order valence-corrected chi connectivity index (χ4v) is 3.23. The molecule has 9 heteroatoms. The van der Waals surface area contributed by atoms with Gasteiger partial charge in [-0.2, -0.15) is 5.10 Å². The average Bonchev–Trinajstić information content (AvgIpc) is 2.82. The van der Waals surface area contributed by atoms with Crippen LogP contribution in [0.4, 0.5) is 4.39 Å². The smallest absolute Gasteiger partial charge is 0.271 e. The van der Waals surface area contributed by atoms with Crippen LogP contribution in [0.1, 0.15) is 16.1 Å². The molecule has 0 aliphatic rings. The van der Waals surface area contributed by atoms with Crippen LogP contribution in [0.25, 0.3) is 11.3 Å². The van der Waals surface area contributed by atoms with Crippen molar-refractivity contribution in [3.8, 4) is 11.3 Å². The summed E-state index contributed by atoms with van der Waals surface area (Å²) in [5, 5.41) is 6.75. The largest absolute Gasteiger partial charge is 0.349 e. The Balaban J connectivity index is 1.39. The van der Waals surface area contributed by atoms with Crippen LogP contribution in [-0.4, -0.2) is 31.8 Å². The van der Waals surface area contributed by atoms with Gasteiger partial charge in [0.1, 0.15) is 11.5 Å². The van der Waals surface area contributed by atoms with Gasteiger partial charge in [0.25, 0.3) is 17.0 Å². The molecular formula is C24H20FN5O3. The molecule has 0 spiro atoms. The van der Waals surface area contributed by atoms with E-state index >= 15 is 0 Å². The molecule has 8 nitrogen and oxygen atoms in total. The molecule has 0 saturated heterocycles. The second kappa shape index (κ2) is 9.82. The van der Waals surface area contributed by atoms with Gasteiger partial charge in [-0.15, -0.1) is 0 Å². The minimum Gasteiger partial charge on any atom is -0.349 e. The van der Waals surface area contributed by atoms with E-state index in [-0.39, 0.29) is 30.9 Å². The van der Waals surface area contributed by atoms with Crippen molar-refractivity contribution in [3.05, 3.63) is 117 Å². The molecule has 0 radical (unpaired) electrons. The number of rotatable bonds is 7. The zero-order chi connectivity index (χ0) is 23.2. The van der Waals surface area contributed by atoms with E-state index in [1.54, 1.807) is 6.07 Å². The van der Waals surface area contributed by atoms with E-state index in [1.807, 2.05) is 30.3 Å². The number of hydrogen-bond acceptors (Lipinski definition) is 5. The summed E-state index contributed by atoms with van der Waals surface area (Å²) < 4.78 is 15.9. The molecule has 1 N–H and O–H groups in total. The predicted octanol–water partition coefficient (Wildman–Crippen LogP) is 2.08. The molecule has 2 heterocycles. The van der Waals surface area contributed by atoms with Gasteiger partial charge in [0.2, 0.25) is 0 Å². The van der Waals surface area contributed by atoms with Gasteiger partial charge in [0, 0.05) is 30.8 Å². The topological polar surface area (TPSA) is 98.9 Å². The fourth-order valence-electron chi connectivity index (χ4n) is 3.23. The maximum Gasteiger partial charge on any atom is 0.271 e. The first-order valence-corrected chi connectivity index (χ1v) is 10.2. The molecule has 0 bridgehead atoms. The van der Waals surface area contributed by atoms with Crippen molar-refractivity contribution in [3.63, 3.8) is 0 Å². The highest BCUT2D eigenvalue weighted by Crippen LogP contribution is 2.13. The molecule has 0 saturated carbocycles. The molecule has 4 aromatic rings. The van der Waals surface area contributed by atoms with Crippen molar-refractivity contribution in [2.45, 2.75) is 13.1 Å². The third-order valence-corrected chi connectivity index (χ3v) is 4.91. The minimum absolute atomic E-state index is 0.0343. The first-order valence-electron chi connectivity index (χ1n) is 10.2. The van der Waals surface area contributed by atoms with Gasteiger partial charge in [-0.25, -0.2) is 14.1 Å². The molecule has 2 aromatic heterocycles. The van der Waals surface area contributed by atoms with Gasteiger partial charge >= 0.3 is 0 Å². The first kappa shape index (κ1) is 21.8. The van der Waals surface area contributed by atoms with Crippen LogP contribution < -0.4 is 16.4 Å². The van der Waals surface area contributed by atoms with Gasteiger partial charge < -0.3 is 5.32 Å². The Hall–Kier alpha value is -4.40. The summed E-state index contributed by atoms with van der Waals surface area (Å²) in [7, 11) is 0. The summed E-state index contributed by atoms with van der Waals surface area (Å²) >= 11 is 0. The van der Waals surface area contributed by atoms with Gasteiger partial charge in [-0.05, 0) is 23.8 Å². The summed E-state index contributed by atoms with van der Waals surface area (Å²) in [6, 6.07) is 19.2. The van der Waals surface area contributed by atoms with Crippen molar-refractivity contribution in [2.75, 3.05) is 6.54 Å². The lowest BCUT2D eigenvalue weighted by atomic mass is 10.1. The van der Waals surface area contributed by atoms with E-state index in [0.29, 0.717) is 11.3 Å². The van der Waals surface area contributed by atoms with Crippen LogP contribution in [0.15, 0.2) is 88.7 Å². The lowest BCUT2D eigenvalue weighted by molar-refractivity contribution is 0.0944. The minimum atomic E-state index is -0.495. The summed E-state index contributed by atoms with van der Waals surface area (Å²) in [6.45, 7) is 0.415. The number of nitrogens with one attached hydrogen (secondary N) is 1. The molecule has 1 amide bonds. The molecule has 0 aliphatic heterocycles. The number of benzene rings is 2. The van der Waals surface area contributed by atoms with Crippen LogP contribution in [0.5, 0.6) is 0 Å². The van der Waals surface area contributed by atoms with E-state index in [1.165, 1.54) is 47.3 Å². The number of halogens is 1. The van der Waals surface area contributed by atoms with Crippen molar-refractivity contribution in [1.29, 1.82) is 0 Å². The Kier molecular flexibility index (Phi) is 6.49. The Morgan fingerprint density at radius 2 is 1.76 bits per heavy atom. The molecule has 0 unspecified atom stereocenters. The summed E-state index contributed by atoms with van der Waals surface area (Å²) in [4.78, 5) is 41.2. The van der Waals surface area contributed by atoms with Crippen LogP contribution >= 0.6 is 0 Å². The maximum atomic E-state index is 13.4. The molecule has 33 heavy (non-hydrogen) atoms. The summed E-state index contributed by atoms with van der Waals surface area (Å²) in [5.41, 5.74) is 1.36. The predicted molar refractivity (Wildman–Crippen MR) is 120 cm³/mol. The SMILES string of the molecule is O=C(NCCn1cnc(-c2ccccc2)cc1=O)c1ccc(=O)n(Cc2cccc(F)c2)n1. The van der Waals surface area contributed by atoms with E-state index in [0.717, 1.165) is 10.2 Å². The molecule has 166 valence electrons. The Bertz CT molecular complexity index is 1400. The van der Waals surface area contributed by atoms with Crippen LogP contribution in [0.2, 0.25) is 0 Å². The maximum absolute atomic E-state index is 13.4. The van der Waals surface area contributed by atoms with Crippen LogP contribution in [0, 0.1) is 5.82 Å². The summed E-state index contributed by atoms with van der Waals surface area (Å²) in [5.74, 6) is -0.916. The highest BCUT2D eigenvalue weighted by atomic mass is 19.1. The summed E-state index contributed by atoms with van der Waals surface area (Å²) in [6.07, 6.45) is 1.44. The van der Waals surface area contributed by atoms with Gasteiger partial charge in [0.15, 0.2) is 0 Å². The number of carbonyl (C=O) groups excluding carboxylic acids is 1. The van der Waals surface area contributed by atoms with E-state index in [4.69, 9.17) is 0 Å². The molecular weight excluding hydrogens is 425 g/mol. The normalized spacial score (nSPS) is 10.7. The van der Waals surface area contributed by atoms with Crippen molar-refractivity contribution >= 4 is 5.91 Å². The van der Waals surface area contributed by atoms with Gasteiger partial charge in [-0.1, -0.05) is 42.5 Å². The van der Waals surface area contributed by atoms with Crippen molar-refractivity contribution in [2.24, 2.45) is 0 Å². The quantitative estimate of drug-likeness (QED) is 0.470. The highest BCUT2D eigenvalue weighted by molar-refractivity contribution is 5.91. The molecule has 0 fully saturated rings. The second-order valence-electron chi connectivity index (χ2n) is 7.27. The fraction of sp³-hybridized carbons (Fsp3) is 0.125. The van der Waals surface area contributed by atoms with E-state index < -0.39 is 17.3 Å². The van der Waals surface area contributed by atoms with Gasteiger partial charge in [-0.3, -0.25) is 19.0 Å². The van der Waals surface area contributed by atoms with E-state index in [9.17, 15) is 18.8 Å². The number of amides is 1. The zero-order valence-corrected chi connectivity index (χ0v) is 17.5. The van der Waals surface area contributed by atoms with Crippen LogP contribution in [-0.2, 0) is 13.1 Å². The molecule has 0 atom stereocenters. The number of aromatic nitrogens is 4. The van der Waals surface area contributed by atoms with Crippen molar-refractivity contribution in [1.82, 2.24) is 24.6 Å². The second-order valence-corrected chi connectivity index (χ2v) is 7.27. The number of nitrogens with zero attached hydrogens (tertiary/aromatic N) is 4. The lowest BCUT2D eigenvalue weighted by Crippen LogP contribution is -2.33. The zero-order valence-electron chi connectivity index (χ0n) is 17.5. The molecule has 0 aliphatic carbocycles. The molecule has 4 rings (SSSR count). The number of hydrogen-bond donors (Lipinski definition) is 1. The van der Waals surface area contributed by atoms with Crippen molar-refractivity contribution < 1.29 is 9.18 Å².